The van der Waals surface area contributed by atoms with Crippen LogP contribution in [-0.4, -0.2) is 30.2 Å². The van der Waals surface area contributed by atoms with Crippen molar-refractivity contribution < 1.29 is 4.74 Å². The van der Waals surface area contributed by atoms with E-state index >= 15 is 0 Å². The molecule has 0 atom stereocenters. The number of benzene rings is 2. The Balaban J connectivity index is 1.93. The highest BCUT2D eigenvalue weighted by Gasteiger charge is 2.21. The van der Waals surface area contributed by atoms with E-state index < -0.39 is 11.2 Å². The summed E-state index contributed by atoms with van der Waals surface area (Å²) >= 11 is 6.27. The van der Waals surface area contributed by atoms with Crippen LogP contribution in [0.15, 0.2) is 64.3 Å². The van der Waals surface area contributed by atoms with Crippen molar-refractivity contribution in [2.45, 2.75) is 0 Å². The van der Waals surface area contributed by atoms with Gasteiger partial charge in [0.2, 0.25) is 5.78 Å². The summed E-state index contributed by atoms with van der Waals surface area (Å²) < 4.78 is 11.4. The third-order valence-electron chi connectivity index (χ3n) is 5.42. The van der Waals surface area contributed by atoms with E-state index in [1.807, 2.05) is 53.2 Å². The number of ether oxygens (including phenoxy) is 1. The van der Waals surface area contributed by atoms with Crippen molar-refractivity contribution in [2.24, 2.45) is 14.1 Å². The number of halogens is 1. The smallest absolute Gasteiger partial charge is 0.332 e. The zero-order valence-corrected chi connectivity index (χ0v) is 17.8. The number of nitrogens with zero attached hydrogens (tertiary/aromatic N) is 5. The maximum Gasteiger partial charge on any atom is 0.332 e. The van der Waals surface area contributed by atoms with Gasteiger partial charge < -0.3 is 4.74 Å². The normalized spacial score (nSPS) is 11.5. The topological polar surface area (TPSA) is 75.5 Å². The maximum atomic E-state index is 12.9. The summed E-state index contributed by atoms with van der Waals surface area (Å²) in [6.07, 6.45) is 1.85. The van der Waals surface area contributed by atoms with Crippen molar-refractivity contribution in [3.63, 3.8) is 0 Å². The molecule has 0 bridgehead atoms. The summed E-state index contributed by atoms with van der Waals surface area (Å²) in [5.74, 6) is 1.24. The molecule has 0 saturated heterocycles. The lowest BCUT2D eigenvalue weighted by Gasteiger charge is -2.10. The van der Waals surface area contributed by atoms with E-state index in [4.69, 9.17) is 16.3 Å². The van der Waals surface area contributed by atoms with Gasteiger partial charge in [-0.1, -0.05) is 17.7 Å². The number of aryl methyl sites for hydroxylation is 1. The zero-order valence-electron chi connectivity index (χ0n) is 17.0. The van der Waals surface area contributed by atoms with Crippen molar-refractivity contribution in [1.29, 1.82) is 0 Å². The molecule has 0 radical (unpaired) electrons. The molecular weight excluding hydrogens is 418 g/mol. The standard InChI is InChI=1S/C22H18ClN5O3/c1-25-19-18(20(29)26(2)22(25)30)27-12-17(13-7-9-16(31-3)10-8-13)28(21(27)24-19)15-6-4-5-14(23)11-15/h4-12H,1-3H3. The molecule has 0 spiro atoms. The molecule has 31 heavy (non-hydrogen) atoms. The molecule has 0 amide bonds. The average molecular weight is 436 g/mol. The lowest BCUT2D eigenvalue weighted by Crippen LogP contribution is -2.37. The molecule has 0 N–H and O–H groups in total. The first kappa shape index (κ1) is 19.2. The maximum absolute atomic E-state index is 12.9. The lowest BCUT2D eigenvalue weighted by molar-refractivity contribution is 0.415. The fourth-order valence-electron chi connectivity index (χ4n) is 3.81. The van der Waals surface area contributed by atoms with Crippen molar-refractivity contribution >= 4 is 28.5 Å². The fraction of sp³-hybridized carbons (Fsp3) is 0.136. The highest BCUT2D eigenvalue weighted by atomic mass is 35.5. The van der Waals surface area contributed by atoms with E-state index in [9.17, 15) is 9.59 Å². The van der Waals surface area contributed by atoms with E-state index in [1.165, 1.54) is 11.6 Å². The van der Waals surface area contributed by atoms with E-state index in [0.29, 0.717) is 22.0 Å². The van der Waals surface area contributed by atoms with Crippen LogP contribution in [0, 0.1) is 0 Å². The molecule has 0 fully saturated rings. The van der Waals surface area contributed by atoms with Crippen LogP contribution in [0.1, 0.15) is 0 Å². The minimum absolute atomic E-state index is 0.320. The lowest BCUT2D eigenvalue weighted by atomic mass is 10.1. The van der Waals surface area contributed by atoms with Gasteiger partial charge in [0.25, 0.3) is 5.56 Å². The summed E-state index contributed by atoms with van der Waals surface area (Å²) in [6.45, 7) is 0. The minimum atomic E-state index is -0.428. The number of aromatic nitrogens is 5. The Morgan fingerprint density at radius 1 is 1.00 bits per heavy atom. The summed E-state index contributed by atoms with van der Waals surface area (Å²) in [4.78, 5) is 30.0. The third-order valence-corrected chi connectivity index (χ3v) is 5.65. The molecule has 0 saturated carbocycles. The van der Waals surface area contributed by atoms with Crippen LogP contribution < -0.4 is 16.0 Å². The number of hydrogen-bond donors (Lipinski definition) is 0. The van der Waals surface area contributed by atoms with Crippen LogP contribution in [0.2, 0.25) is 5.02 Å². The third kappa shape index (κ3) is 2.79. The van der Waals surface area contributed by atoms with Gasteiger partial charge in [0.15, 0.2) is 11.2 Å². The minimum Gasteiger partial charge on any atom is -0.497 e. The Labute approximate surface area is 181 Å². The molecule has 156 valence electrons. The van der Waals surface area contributed by atoms with Crippen LogP contribution >= 0.6 is 11.6 Å². The summed E-state index contributed by atoms with van der Waals surface area (Å²) in [5.41, 5.74) is 2.31. The largest absolute Gasteiger partial charge is 0.497 e. The summed E-state index contributed by atoms with van der Waals surface area (Å²) in [5, 5.41) is 0.574. The van der Waals surface area contributed by atoms with Gasteiger partial charge in [-0.15, -0.1) is 0 Å². The molecule has 5 rings (SSSR count). The summed E-state index contributed by atoms with van der Waals surface area (Å²) in [6, 6.07) is 15.0. The molecule has 9 heteroatoms. The first-order chi connectivity index (χ1) is 14.9. The second-order valence-electron chi connectivity index (χ2n) is 7.22. The van der Waals surface area contributed by atoms with Crippen molar-refractivity contribution in [1.82, 2.24) is 23.1 Å². The number of hydrogen-bond acceptors (Lipinski definition) is 4. The van der Waals surface area contributed by atoms with Gasteiger partial charge in [0.1, 0.15) is 5.75 Å². The predicted molar refractivity (Wildman–Crippen MR) is 120 cm³/mol. The Hall–Kier alpha value is -3.78. The van der Waals surface area contributed by atoms with Gasteiger partial charge in [-0.25, -0.2) is 4.79 Å². The van der Waals surface area contributed by atoms with Crippen LogP contribution in [0.3, 0.4) is 0 Å². The van der Waals surface area contributed by atoms with Gasteiger partial charge in [0.05, 0.1) is 18.5 Å². The Kier molecular flexibility index (Phi) is 4.26. The average Bonchev–Trinajstić information content (AvgIpc) is 3.32. The molecule has 8 nitrogen and oxygen atoms in total. The van der Waals surface area contributed by atoms with Crippen LogP contribution in [0.25, 0.3) is 33.9 Å². The number of rotatable bonds is 3. The van der Waals surface area contributed by atoms with Gasteiger partial charge in [-0.05, 0) is 42.5 Å². The van der Waals surface area contributed by atoms with Crippen molar-refractivity contribution in [2.75, 3.05) is 7.11 Å². The molecule has 5 aromatic rings. The van der Waals surface area contributed by atoms with Crippen molar-refractivity contribution in [3.8, 4) is 22.7 Å². The first-order valence-electron chi connectivity index (χ1n) is 9.50. The van der Waals surface area contributed by atoms with Gasteiger partial charge in [-0.2, -0.15) is 4.98 Å². The number of fused-ring (bicyclic) bond motifs is 3. The molecule has 0 aliphatic carbocycles. The Morgan fingerprint density at radius 2 is 1.74 bits per heavy atom. The fourth-order valence-corrected chi connectivity index (χ4v) is 3.99. The van der Waals surface area contributed by atoms with E-state index in [1.54, 1.807) is 24.6 Å². The Bertz CT molecular complexity index is 1590. The zero-order chi connectivity index (χ0) is 21.9. The molecule has 3 heterocycles. The van der Waals surface area contributed by atoms with E-state index in [2.05, 4.69) is 4.98 Å². The molecule has 2 aromatic carbocycles. The second-order valence-corrected chi connectivity index (χ2v) is 7.65. The molecular formula is C22H18ClN5O3. The highest BCUT2D eigenvalue weighted by molar-refractivity contribution is 6.30. The van der Waals surface area contributed by atoms with Gasteiger partial charge in [0, 0.05) is 30.9 Å². The second kappa shape index (κ2) is 6.88. The predicted octanol–water partition coefficient (Wildman–Crippen LogP) is 3.00. The Morgan fingerprint density at radius 3 is 2.42 bits per heavy atom. The molecule has 0 aliphatic heterocycles. The molecule has 0 unspecified atom stereocenters. The van der Waals surface area contributed by atoms with Crippen LogP contribution in [-0.2, 0) is 14.1 Å². The number of methoxy groups -OCH3 is 1. The van der Waals surface area contributed by atoms with E-state index in [-0.39, 0.29) is 0 Å². The van der Waals surface area contributed by atoms with Gasteiger partial charge >= 0.3 is 5.69 Å². The monoisotopic (exact) mass is 435 g/mol. The molecule has 0 aliphatic rings. The van der Waals surface area contributed by atoms with Crippen LogP contribution in [0.4, 0.5) is 0 Å². The SMILES string of the molecule is COc1ccc(-c2cn3c4c(=O)n(C)c(=O)n(C)c4nc3n2-c2cccc(Cl)c2)cc1. The van der Waals surface area contributed by atoms with Crippen LogP contribution in [0.5, 0.6) is 5.75 Å². The van der Waals surface area contributed by atoms with Crippen molar-refractivity contribution in [3.05, 3.63) is 80.6 Å². The van der Waals surface area contributed by atoms with E-state index in [0.717, 1.165) is 27.3 Å². The van der Waals surface area contributed by atoms with Gasteiger partial charge in [-0.3, -0.25) is 22.9 Å². The highest BCUT2D eigenvalue weighted by Crippen LogP contribution is 2.30. The first-order valence-corrected chi connectivity index (χ1v) is 9.88. The molecule has 3 aromatic heterocycles. The quantitative estimate of drug-likeness (QED) is 0.436. The summed E-state index contributed by atoms with van der Waals surface area (Å²) in [7, 11) is 4.68. The number of imidazole rings is 2.